The van der Waals surface area contributed by atoms with Crippen LogP contribution in [0.5, 0.6) is 11.5 Å². The summed E-state index contributed by atoms with van der Waals surface area (Å²) in [4.78, 5) is 0. The van der Waals surface area contributed by atoms with E-state index in [2.05, 4.69) is 10.6 Å². The molecular formula is C22H24N2O2. The Balaban J connectivity index is 1.31. The zero-order valence-corrected chi connectivity index (χ0v) is 14.7. The summed E-state index contributed by atoms with van der Waals surface area (Å²) in [5.74, 6) is 1.68. The topological polar surface area (TPSA) is 42.5 Å². The summed E-state index contributed by atoms with van der Waals surface area (Å²) in [6.07, 6.45) is 0. The first-order chi connectivity index (χ1) is 12.9. The van der Waals surface area contributed by atoms with Crippen molar-refractivity contribution in [2.24, 2.45) is 0 Å². The minimum atomic E-state index is 0.607. The summed E-state index contributed by atoms with van der Waals surface area (Å²) in [6, 6.07) is 27.9. The third-order valence-electron chi connectivity index (χ3n) is 3.77. The molecule has 0 saturated carbocycles. The zero-order valence-electron chi connectivity index (χ0n) is 14.7. The van der Waals surface area contributed by atoms with Crippen LogP contribution in [0.1, 0.15) is 0 Å². The standard InChI is InChI=1S/C22H24N2O2/c1-3-7-19(8-4-1)23-15-17-25-21-11-13-22(14-12-21)26-18-16-24-20-9-5-2-6-10-20/h1-14,23-24H,15-18H2. The first-order valence-electron chi connectivity index (χ1n) is 8.84. The fourth-order valence-corrected chi connectivity index (χ4v) is 2.47. The monoisotopic (exact) mass is 348 g/mol. The van der Waals surface area contributed by atoms with Gasteiger partial charge in [0.2, 0.25) is 0 Å². The van der Waals surface area contributed by atoms with Crippen LogP contribution in [0.3, 0.4) is 0 Å². The molecule has 0 aliphatic carbocycles. The van der Waals surface area contributed by atoms with E-state index >= 15 is 0 Å². The van der Waals surface area contributed by atoms with E-state index < -0.39 is 0 Å². The van der Waals surface area contributed by atoms with Crippen molar-refractivity contribution in [3.05, 3.63) is 84.9 Å². The fraction of sp³-hybridized carbons (Fsp3) is 0.182. The molecule has 0 unspecified atom stereocenters. The predicted octanol–water partition coefficient (Wildman–Crippen LogP) is 4.67. The van der Waals surface area contributed by atoms with Gasteiger partial charge in [-0.3, -0.25) is 0 Å². The van der Waals surface area contributed by atoms with E-state index in [0.29, 0.717) is 13.2 Å². The number of nitrogens with one attached hydrogen (secondary N) is 2. The highest BCUT2D eigenvalue weighted by Gasteiger charge is 1.97. The Labute approximate surface area is 154 Å². The zero-order chi connectivity index (χ0) is 17.9. The van der Waals surface area contributed by atoms with Gasteiger partial charge in [-0.25, -0.2) is 0 Å². The molecule has 0 atom stereocenters. The molecule has 2 N–H and O–H groups in total. The van der Waals surface area contributed by atoms with Crippen molar-refractivity contribution in [2.45, 2.75) is 0 Å². The highest BCUT2D eigenvalue weighted by atomic mass is 16.5. The first kappa shape index (κ1) is 17.7. The van der Waals surface area contributed by atoms with Crippen LogP contribution < -0.4 is 20.1 Å². The van der Waals surface area contributed by atoms with Gasteiger partial charge in [0.1, 0.15) is 24.7 Å². The number of para-hydroxylation sites is 2. The van der Waals surface area contributed by atoms with E-state index in [0.717, 1.165) is 36.0 Å². The molecule has 0 bridgehead atoms. The van der Waals surface area contributed by atoms with Gasteiger partial charge in [-0.05, 0) is 48.5 Å². The molecule has 0 amide bonds. The summed E-state index contributed by atoms with van der Waals surface area (Å²) in [5.41, 5.74) is 2.20. The second kappa shape index (κ2) is 9.99. The number of benzene rings is 3. The van der Waals surface area contributed by atoms with Crippen molar-refractivity contribution < 1.29 is 9.47 Å². The van der Waals surface area contributed by atoms with Crippen LogP contribution in [0.2, 0.25) is 0 Å². The minimum Gasteiger partial charge on any atom is -0.492 e. The lowest BCUT2D eigenvalue weighted by Crippen LogP contribution is -2.12. The number of hydrogen-bond donors (Lipinski definition) is 2. The second-order valence-electron chi connectivity index (χ2n) is 5.75. The molecule has 0 aromatic heterocycles. The Morgan fingerprint density at radius 1 is 0.500 bits per heavy atom. The smallest absolute Gasteiger partial charge is 0.119 e. The SMILES string of the molecule is c1ccc(NCCOc2ccc(OCCNc3ccccc3)cc2)cc1. The lowest BCUT2D eigenvalue weighted by atomic mass is 10.3. The molecule has 3 rings (SSSR count). The van der Waals surface area contributed by atoms with Gasteiger partial charge in [-0.2, -0.15) is 0 Å². The third kappa shape index (κ3) is 6.06. The van der Waals surface area contributed by atoms with Crippen molar-refractivity contribution in [3.8, 4) is 11.5 Å². The first-order valence-corrected chi connectivity index (χ1v) is 8.84. The van der Waals surface area contributed by atoms with Crippen molar-refractivity contribution in [1.82, 2.24) is 0 Å². The van der Waals surface area contributed by atoms with Crippen molar-refractivity contribution in [3.63, 3.8) is 0 Å². The molecule has 4 heteroatoms. The van der Waals surface area contributed by atoms with Gasteiger partial charge in [0.15, 0.2) is 0 Å². The molecule has 0 fully saturated rings. The van der Waals surface area contributed by atoms with Crippen LogP contribution in [-0.2, 0) is 0 Å². The maximum atomic E-state index is 5.74. The Bertz CT molecular complexity index is 680. The van der Waals surface area contributed by atoms with E-state index in [4.69, 9.17) is 9.47 Å². The number of rotatable bonds is 10. The Kier molecular flexibility index (Phi) is 6.79. The molecule has 0 radical (unpaired) electrons. The second-order valence-corrected chi connectivity index (χ2v) is 5.75. The van der Waals surface area contributed by atoms with E-state index in [-0.39, 0.29) is 0 Å². The van der Waals surface area contributed by atoms with Gasteiger partial charge < -0.3 is 20.1 Å². The quantitative estimate of drug-likeness (QED) is 0.523. The normalized spacial score (nSPS) is 10.2. The number of ether oxygens (including phenoxy) is 2. The molecule has 0 aliphatic rings. The van der Waals surface area contributed by atoms with Crippen LogP contribution in [-0.4, -0.2) is 26.3 Å². The lowest BCUT2D eigenvalue weighted by Gasteiger charge is -2.10. The van der Waals surface area contributed by atoms with Crippen LogP contribution in [0.4, 0.5) is 11.4 Å². The summed E-state index contributed by atoms with van der Waals surface area (Å²) >= 11 is 0. The Morgan fingerprint density at radius 3 is 1.27 bits per heavy atom. The molecule has 0 spiro atoms. The molecule has 0 saturated heterocycles. The molecule has 134 valence electrons. The van der Waals surface area contributed by atoms with Gasteiger partial charge in [0.05, 0.1) is 0 Å². The summed E-state index contributed by atoms with van der Waals surface area (Å²) in [5, 5.41) is 6.63. The van der Waals surface area contributed by atoms with Crippen LogP contribution >= 0.6 is 0 Å². The van der Waals surface area contributed by atoms with E-state index in [9.17, 15) is 0 Å². The number of anilines is 2. The summed E-state index contributed by atoms with van der Waals surface area (Å²) in [6.45, 7) is 2.73. The maximum Gasteiger partial charge on any atom is 0.119 e. The predicted molar refractivity (Wildman–Crippen MR) is 107 cm³/mol. The molecular weight excluding hydrogens is 324 g/mol. The molecule has 0 heterocycles. The van der Waals surface area contributed by atoms with Crippen LogP contribution in [0.15, 0.2) is 84.9 Å². The van der Waals surface area contributed by atoms with Gasteiger partial charge in [0, 0.05) is 24.5 Å². The van der Waals surface area contributed by atoms with Crippen LogP contribution in [0.25, 0.3) is 0 Å². The highest BCUT2D eigenvalue weighted by molar-refractivity contribution is 5.43. The van der Waals surface area contributed by atoms with Gasteiger partial charge in [-0.1, -0.05) is 36.4 Å². The Hall–Kier alpha value is -3.14. The third-order valence-corrected chi connectivity index (χ3v) is 3.77. The molecule has 26 heavy (non-hydrogen) atoms. The van der Waals surface area contributed by atoms with Crippen molar-refractivity contribution >= 4 is 11.4 Å². The average molecular weight is 348 g/mol. The molecule has 3 aromatic carbocycles. The van der Waals surface area contributed by atoms with Crippen molar-refractivity contribution in [2.75, 3.05) is 36.9 Å². The molecule has 0 aliphatic heterocycles. The molecule has 3 aromatic rings. The van der Waals surface area contributed by atoms with E-state index in [1.165, 1.54) is 0 Å². The average Bonchev–Trinajstić information content (AvgIpc) is 2.71. The largest absolute Gasteiger partial charge is 0.492 e. The lowest BCUT2D eigenvalue weighted by molar-refractivity contribution is 0.323. The minimum absolute atomic E-state index is 0.607. The fourth-order valence-electron chi connectivity index (χ4n) is 2.47. The van der Waals surface area contributed by atoms with E-state index in [1.54, 1.807) is 0 Å². The summed E-state index contributed by atoms with van der Waals surface area (Å²) in [7, 11) is 0. The maximum absolute atomic E-state index is 5.74. The van der Waals surface area contributed by atoms with Gasteiger partial charge in [0.25, 0.3) is 0 Å². The Morgan fingerprint density at radius 2 is 0.885 bits per heavy atom. The van der Waals surface area contributed by atoms with Gasteiger partial charge >= 0.3 is 0 Å². The van der Waals surface area contributed by atoms with Crippen molar-refractivity contribution in [1.29, 1.82) is 0 Å². The summed E-state index contributed by atoms with van der Waals surface area (Å²) < 4.78 is 11.5. The molecule has 4 nitrogen and oxygen atoms in total. The van der Waals surface area contributed by atoms with Gasteiger partial charge in [-0.15, -0.1) is 0 Å². The van der Waals surface area contributed by atoms with Crippen LogP contribution in [0, 0.1) is 0 Å². The highest BCUT2D eigenvalue weighted by Crippen LogP contribution is 2.17. The van der Waals surface area contributed by atoms with E-state index in [1.807, 2.05) is 84.9 Å². The number of hydrogen-bond acceptors (Lipinski definition) is 4.